The van der Waals surface area contributed by atoms with Crippen LogP contribution in [0.1, 0.15) is 37.6 Å². The Kier molecular flexibility index (Phi) is 7.01. The molecule has 1 aliphatic heterocycles. The average Bonchev–Trinajstić information content (AvgIpc) is 2.89. The van der Waals surface area contributed by atoms with Crippen molar-refractivity contribution in [2.45, 2.75) is 39.0 Å². The molecule has 1 saturated heterocycles. The van der Waals surface area contributed by atoms with Gasteiger partial charge in [-0.15, -0.1) is 0 Å². The van der Waals surface area contributed by atoms with Crippen molar-refractivity contribution in [2.75, 3.05) is 26.2 Å². The van der Waals surface area contributed by atoms with E-state index in [0.29, 0.717) is 12.3 Å². The molecule has 1 aromatic heterocycles. The smallest absolute Gasteiger partial charge is 0.325 e. The van der Waals surface area contributed by atoms with Crippen molar-refractivity contribution >= 4 is 5.97 Å². The van der Waals surface area contributed by atoms with E-state index in [-0.39, 0.29) is 6.10 Å². The number of carbonyl (C=O) groups is 1. The minimum atomic E-state index is -0.835. The van der Waals surface area contributed by atoms with Crippen molar-refractivity contribution in [1.29, 1.82) is 0 Å². The second-order valence-corrected chi connectivity index (χ2v) is 7.43. The van der Waals surface area contributed by atoms with Gasteiger partial charge in [-0.25, -0.2) is 0 Å². The van der Waals surface area contributed by atoms with Crippen molar-refractivity contribution < 1.29 is 14.6 Å². The number of hydrogen-bond donors (Lipinski definition) is 1. The molecule has 150 valence electrons. The highest BCUT2D eigenvalue weighted by atomic mass is 16.5. The Balaban J connectivity index is 1.74. The van der Waals surface area contributed by atoms with E-state index < -0.39 is 12.0 Å². The lowest BCUT2D eigenvalue weighted by atomic mass is 10.0. The maximum absolute atomic E-state index is 12.2. The van der Waals surface area contributed by atoms with Crippen molar-refractivity contribution in [1.82, 2.24) is 14.8 Å². The highest BCUT2D eigenvalue weighted by molar-refractivity contribution is 5.76. The van der Waals surface area contributed by atoms with E-state index in [1.807, 2.05) is 62.5 Å². The van der Waals surface area contributed by atoms with E-state index in [9.17, 15) is 9.90 Å². The highest BCUT2D eigenvalue weighted by Crippen LogP contribution is 2.31. The molecule has 1 N–H and O–H groups in total. The summed E-state index contributed by atoms with van der Waals surface area (Å²) >= 11 is 0. The van der Waals surface area contributed by atoms with Crippen LogP contribution in [0.2, 0.25) is 0 Å². The first-order valence-electron chi connectivity index (χ1n) is 9.89. The van der Waals surface area contributed by atoms with Gasteiger partial charge in [-0.05, 0) is 45.0 Å². The van der Waals surface area contributed by atoms with Gasteiger partial charge in [0.1, 0.15) is 11.8 Å². The minimum absolute atomic E-state index is 0.00593. The summed E-state index contributed by atoms with van der Waals surface area (Å²) in [5, 5.41) is 10.0. The third-order valence-corrected chi connectivity index (χ3v) is 4.91. The van der Waals surface area contributed by atoms with Crippen LogP contribution in [-0.2, 0) is 11.3 Å². The van der Waals surface area contributed by atoms with Crippen LogP contribution in [0.5, 0.6) is 5.75 Å². The summed E-state index contributed by atoms with van der Waals surface area (Å²) in [6.07, 6.45) is 2.73. The van der Waals surface area contributed by atoms with Gasteiger partial charge in [0, 0.05) is 37.9 Å². The molecule has 2 heterocycles. The molecule has 0 radical (unpaired) electrons. The molecular weight excluding hydrogens is 354 g/mol. The van der Waals surface area contributed by atoms with Gasteiger partial charge >= 0.3 is 5.97 Å². The zero-order valence-electron chi connectivity index (χ0n) is 16.6. The van der Waals surface area contributed by atoms with Crippen LogP contribution in [-0.4, -0.2) is 58.1 Å². The van der Waals surface area contributed by atoms with Gasteiger partial charge in [0.15, 0.2) is 0 Å². The standard InChI is InChI=1S/C22H29N3O3/c1-17(2)28-20-10-4-3-9-19(20)21(22(26)27)25-13-7-12-24(14-15-25)16-18-8-5-6-11-23-18/h3-6,8-11,17,21H,7,12-16H2,1-2H3,(H,26,27)/t21-/m1/s1. The van der Waals surface area contributed by atoms with Gasteiger partial charge in [-0.3, -0.25) is 19.6 Å². The van der Waals surface area contributed by atoms with Crippen LogP contribution in [0, 0.1) is 0 Å². The third-order valence-electron chi connectivity index (χ3n) is 4.91. The minimum Gasteiger partial charge on any atom is -0.491 e. The van der Waals surface area contributed by atoms with E-state index in [1.165, 1.54) is 0 Å². The van der Waals surface area contributed by atoms with Crippen molar-refractivity contribution in [3.63, 3.8) is 0 Å². The molecule has 0 amide bonds. The Morgan fingerprint density at radius 2 is 1.89 bits per heavy atom. The van der Waals surface area contributed by atoms with Crippen molar-refractivity contribution in [3.05, 3.63) is 59.9 Å². The van der Waals surface area contributed by atoms with Crippen LogP contribution in [0.3, 0.4) is 0 Å². The molecule has 1 fully saturated rings. The quantitative estimate of drug-likeness (QED) is 0.792. The molecular formula is C22H29N3O3. The number of ether oxygens (including phenoxy) is 1. The molecule has 0 aliphatic carbocycles. The number of aliphatic carboxylic acids is 1. The lowest BCUT2D eigenvalue weighted by molar-refractivity contribution is -0.143. The Hall–Kier alpha value is -2.44. The van der Waals surface area contributed by atoms with Gasteiger partial charge in [0.2, 0.25) is 0 Å². The maximum Gasteiger partial charge on any atom is 0.325 e. The number of aromatic nitrogens is 1. The molecule has 6 heteroatoms. The van der Waals surface area contributed by atoms with Crippen molar-refractivity contribution in [3.8, 4) is 5.75 Å². The number of para-hydroxylation sites is 1. The second-order valence-electron chi connectivity index (χ2n) is 7.43. The van der Waals surface area contributed by atoms with Crippen LogP contribution in [0.25, 0.3) is 0 Å². The van der Waals surface area contributed by atoms with Crippen LogP contribution < -0.4 is 4.74 Å². The summed E-state index contributed by atoms with van der Waals surface area (Å²) in [7, 11) is 0. The summed E-state index contributed by atoms with van der Waals surface area (Å²) in [6.45, 7) is 7.88. The van der Waals surface area contributed by atoms with Crippen molar-refractivity contribution in [2.24, 2.45) is 0 Å². The number of carboxylic acids is 1. The molecule has 0 bridgehead atoms. The highest BCUT2D eigenvalue weighted by Gasteiger charge is 2.31. The number of carboxylic acid groups (broad SMARTS) is 1. The molecule has 0 spiro atoms. The van der Waals surface area contributed by atoms with E-state index in [0.717, 1.165) is 43.9 Å². The Bertz CT molecular complexity index is 767. The average molecular weight is 383 g/mol. The zero-order valence-corrected chi connectivity index (χ0v) is 16.6. The lowest BCUT2D eigenvalue weighted by Crippen LogP contribution is -2.37. The Morgan fingerprint density at radius 1 is 1.11 bits per heavy atom. The largest absolute Gasteiger partial charge is 0.491 e. The topological polar surface area (TPSA) is 65.9 Å². The lowest BCUT2D eigenvalue weighted by Gasteiger charge is -2.29. The molecule has 1 atom stereocenters. The molecule has 0 unspecified atom stereocenters. The first kappa shape index (κ1) is 20.3. The van der Waals surface area contributed by atoms with Gasteiger partial charge in [0.05, 0.1) is 11.8 Å². The first-order chi connectivity index (χ1) is 13.5. The van der Waals surface area contributed by atoms with Gasteiger partial charge in [-0.2, -0.15) is 0 Å². The molecule has 0 saturated carbocycles. The maximum atomic E-state index is 12.2. The fourth-order valence-electron chi connectivity index (χ4n) is 3.68. The van der Waals surface area contributed by atoms with Crippen LogP contribution in [0.15, 0.2) is 48.7 Å². The predicted octanol–water partition coefficient (Wildman–Crippen LogP) is 3.20. The molecule has 6 nitrogen and oxygen atoms in total. The first-order valence-corrected chi connectivity index (χ1v) is 9.89. The summed E-state index contributed by atoms with van der Waals surface area (Å²) in [5.74, 6) is -0.183. The van der Waals surface area contributed by atoms with E-state index in [2.05, 4.69) is 14.8 Å². The number of rotatable bonds is 7. The van der Waals surface area contributed by atoms with Crippen LogP contribution in [0.4, 0.5) is 0 Å². The molecule has 1 aliphatic rings. The normalized spacial score (nSPS) is 17.2. The van der Waals surface area contributed by atoms with Gasteiger partial charge < -0.3 is 9.84 Å². The van der Waals surface area contributed by atoms with Crippen LogP contribution >= 0.6 is 0 Å². The summed E-state index contributed by atoms with van der Waals surface area (Å²) in [4.78, 5) is 21.0. The number of hydrogen-bond acceptors (Lipinski definition) is 5. The van der Waals surface area contributed by atoms with E-state index >= 15 is 0 Å². The number of benzene rings is 1. The van der Waals surface area contributed by atoms with Gasteiger partial charge in [-0.1, -0.05) is 24.3 Å². The van der Waals surface area contributed by atoms with E-state index in [1.54, 1.807) is 0 Å². The molecule has 3 rings (SSSR count). The predicted molar refractivity (Wildman–Crippen MR) is 108 cm³/mol. The number of pyridine rings is 1. The van der Waals surface area contributed by atoms with E-state index in [4.69, 9.17) is 4.74 Å². The second kappa shape index (κ2) is 9.66. The SMILES string of the molecule is CC(C)Oc1ccccc1[C@H](C(=O)O)N1CCCN(Cc2ccccn2)CC1. The molecule has 2 aromatic rings. The Morgan fingerprint density at radius 3 is 2.61 bits per heavy atom. The molecule has 28 heavy (non-hydrogen) atoms. The zero-order chi connectivity index (χ0) is 19.9. The fraction of sp³-hybridized carbons (Fsp3) is 0.455. The Labute approximate surface area is 166 Å². The van der Waals surface area contributed by atoms with Gasteiger partial charge in [0.25, 0.3) is 0 Å². The fourth-order valence-corrected chi connectivity index (χ4v) is 3.68. The summed E-state index contributed by atoms with van der Waals surface area (Å²) in [5.41, 5.74) is 1.77. The number of nitrogens with zero attached hydrogens (tertiary/aromatic N) is 3. The summed E-state index contributed by atoms with van der Waals surface area (Å²) < 4.78 is 5.89. The summed E-state index contributed by atoms with van der Waals surface area (Å²) in [6, 6.07) is 12.7. The monoisotopic (exact) mass is 383 g/mol. The molecule has 1 aromatic carbocycles. The third kappa shape index (κ3) is 5.30.